The van der Waals surface area contributed by atoms with Crippen molar-refractivity contribution in [2.75, 3.05) is 7.11 Å². The van der Waals surface area contributed by atoms with E-state index in [9.17, 15) is 4.79 Å². The van der Waals surface area contributed by atoms with Crippen LogP contribution in [0.15, 0.2) is 48.9 Å². The zero-order valence-corrected chi connectivity index (χ0v) is 15.0. The highest BCUT2D eigenvalue weighted by atomic mass is 16.5. The Labute approximate surface area is 152 Å². The monoisotopic (exact) mass is 351 g/mol. The van der Waals surface area contributed by atoms with Crippen molar-refractivity contribution in [1.82, 2.24) is 25.1 Å². The topological polar surface area (TPSA) is 81.9 Å². The zero-order valence-electron chi connectivity index (χ0n) is 15.0. The molecule has 7 nitrogen and oxygen atoms in total. The highest BCUT2D eigenvalue weighted by Crippen LogP contribution is 2.25. The van der Waals surface area contributed by atoms with Gasteiger partial charge in [0.15, 0.2) is 0 Å². The number of nitrogens with zero attached hydrogens (tertiary/aromatic N) is 4. The summed E-state index contributed by atoms with van der Waals surface area (Å²) in [5, 5.41) is 7.22. The molecule has 1 amide bonds. The minimum atomic E-state index is -0.129. The van der Waals surface area contributed by atoms with E-state index in [1.807, 2.05) is 32.2 Å². The van der Waals surface area contributed by atoms with Gasteiger partial charge in [-0.1, -0.05) is 19.1 Å². The molecule has 1 N–H and O–H groups in total. The van der Waals surface area contributed by atoms with E-state index in [1.165, 1.54) is 0 Å². The minimum absolute atomic E-state index is 0.0882. The maximum atomic E-state index is 12.6. The summed E-state index contributed by atoms with van der Waals surface area (Å²) < 4.78 is 7.01. The van der Waals surface area contributed by atoms with E-state index in [0.717, 1.165) is 17.7 Å². The van der Waals surface area contributed by atoms with Crippen LogP contribution in [-0.2, 0) is 7.05 Å². The Bertz CT molecular complexity index is 889. The highest BCUT2D eigenvalue weighted by molar-refractivity contribution is 5.94. The average Bonchev–Trinajstić information content (AvgIpc) is 3.11. The highest BCUT2D eigenvalue weighted by Gasteiger charge is 2.17. The quantitative estimate of drug-likeness (QED) is 0.738. The molecule has 26 heavy (non-hydrogen) atoms. The van der Waals surface area contributed by atoms with Crippen LogP contribution in [0.2, 0.25) is 0 Å². The van der Waals surface area contributed by atoms with E-state index in [2.05, 4.69) is 20.4 Å². The predicted molar refractivity (Wildman–Crippen MR) is 97.7 cm³/mol. The maximum Gasteiger partial charge on any atom is 0.251 e. The summed E-state index contributed by atoms with van der Waals surface area (Å²) >= 11 is 0. The first-order valence-electron chi connectivity index (χ1n) is 8.38. The van der Waals surface area contributed by atoms with Gasteiger partial charge in [-0.3, -0.25) is 9.48 Å². The van der Waals surface area contributed by atoms with Gasteiger partial charge in [0.25, 0.3) is 5.91 Å². The normalized spacial score (nSPS) is 11.8. The molecule has 1 aromatic carbocycles. The van der Waals surface area contributed by atoms with Crippen molar-refractivity contribution in [3.8, 4) is 17.1 Å². The molecule has 0 fully saturated rings. The first-order valence-corrected chi connectivity index (χ1v) is 8.38. The molecule has 1 atom stereocenters. The summed E-state index contributed by atoms with van der Waals surface area (Å²) in [6.07, 6.45) is 5.69. The Hall–Kier alpha value is -3.22. The van der Waals surface area contributed by atoms with Gasteiger partial charge in [0, 0.05) is 36.8 Å². The Morgan fingerprint density at radius 3 is 2.50 bits per heavy atom. The number of rotatable bonds is 6. The first-order chi connectivity index (χ1) is 12.6. The second-order valence-electron chi connectivity index (χ2n) is 5.81. The fourth-order valence-electron chi connectivity index (χ4n) is 2.80. The molecule has 0 unspecified atom stereocenters. The number of methoxy groups -OCH3 is 1. The number of aromatic nitrogens is 4. The summed E-state index contributed by atoms with van der Waals surface area (Å²) in [7, 11) is 3.42. The van der Waals surface area contributed by atoms with E-state index in [-0.39, 0.29) is 11.9 Å². The molecule has 3 rings (SSSR count). The van der Waals surface area contributed by atoms with Crippen LogP contribution in [0.3, 0.4) is 0 Å². The number of carbonyl (C=O) groups is 1. The number of nitrogens with one attached hydrogen (secondary N) is 1. The van der Waals surface area contributed by atoms with Crippen molar-refractivity contribution < 1.29 is 9.53 Å². The van der Waals surface area contributed by atoms with E-state index in [0.29, 0.717) is 17.1 Å². The van der Waals surface area contributed by atoms with Crippen LogP contribution in [0.5, 0.6) is 5.88 Å². The molecule has 0 saturated carbocycles. The summed E-state index contributed by atoms with van der Waals surface area (Å²) in [5.74, 6) is 0.322. The third kappa shape index (κ3) is 3.56. The number of amides is 1. The number of carbonyl (C=O) groups excluding carboxylic acids is 1. The van der Waals surface area contributed by atoms with Gasteiger partial charge in [-0.15, -0.1) is 0 Å². The summed E-state index contributed by atoms with van der Waals surface area (Å²) in [6.45, 7) is 2.03. The molecule has 0 aliphatic rings. The van der Waals surface area contributed by atoms with Gasteiger partial charge in [-0.25, -0.2) is 9.97 Å². The Balaban J connectivity index is 1.78. The van der Waals surface area contributed by atoms with E-state index < -0.39 is 0 Å². The Morgan fingerprint density at radius 1 is 1.15 bits per heavy atom. The molecule has 0 spiro atoms. The standard InChI is InChI=1S/C19H21N5O2/c1-4-15(16-9-10-22-24(16)2)23-18(25)14-7-5-13(6-8-14)17-19(26-3)21-12-11-20-17/h5-12,15H,4H2,1-3H3,(H,23,25)/t15-/m0/s1. The number of benzene rings is 1. The van der Waals surface area contributed by atoms with Gasteiger partial charge in [-0.2, -0.15) is 5.10 Å². The van der Waals surface area contributed by atoms with E-state index in [1.54, 1.807) is 42.5 Å². The molecule has 7 heteroatoms. The van der Waals surface area contributed by atoms with Crippen molar-refractivity contribution in [3.63, 3.8) is 0 Å². The van der Waals surface area contributed by atoms with Crippen molar-refractivity contribution >= 4 is 5.91 Å². The number of hydrogen-bond acceptors (Lipinski definition) is 5. The van der Waals surface area contributed by atoms with Crippen LogP contribution in [0.4, 0.5) is 0 Å². The molecular weight excluding hydrogens is 330 g/mol. The fourth-order valence-corrected chi connectivity index (χ4v) is 2.80. The SMILES string of the molecule is CC[C@H](NC(=O)c1ccc(-c2nccnc2OC)cc1)c1ccnn1C. The fraction of sp³-hybridized carbons (Fsp3) is 0.263. The lowest BCUT2D eigenvalue weighted by molar-refractivity contribution is 0.0934. The molecule has 0 radical (unpaired) electrons. The molecule has 0 aliphatic carbocycles. The lowest BCUT2D eigenvalue weighted by Crippen LogP contribution is -2.29. The van der Waals surface area contributed by atoms with Crippen molar-refractivity contribution in [1.29, 1.82) is 0 Å². The Kier molecular flexibility index (Phi) is 5.26. The van der Waals surface area contributed by atoms with Crippen LogP contribution < -0.4 is 10.1 Å². The lowest BCUT2D eigenvalue weighted by atomic mass is 10.1. The number of ether oxygens (including phenoxy) is 1. The molecule has 0 bridgehead atoms. The van der Waals surface area contributed by atoms with Crippen LogP contribution >= 0.6 is 0 Å². The predicted octanol–water partition coefficient (Wildman–Crippen LogP) is 2.77. The maximum absolute atomic E-state index is 12.6. The zero-order chi connectivity index (χ0) is 18.5. The summed E-state index contributed by atoms with van der Waals surface area (Å²) in [5.41, 5.74) is 3.03. The molecule has 2 aromatic heterocycles. The van der Waals surface area contributed by atoms with E-state index in [4.69, 9.17) is 4.74 Å². The second-order valence-corrected chi connectivity index (χ2v) is 5.81. The van der Waals surface area contributed by atoms with Crippen molar-refractivity contribution in [3.05, 3.63) is 60.2 Å². The van der Waals surface area contributed by atoms with E-state index >= 15 is 0 Å². The van der Waals surface area contributed by atoms with Crippen LogP contribution in [0.25, 0.3) is 11.3 Å². The molecule has 0 saturated heterocycles. The van der Waals surface area contributed by atoms with Crippen molar-refractivity contribution in [2.24, 2.45) is 7.05 Å². The van der Waals surface area contributed by atoms with Gasteiger partial charge >= 0.3 is 0 Å². The smallest absolute Gasteiger partial charge is 0.251 e. The molecule has 3 aromatic rings. The molecular formula is C19H21N5O2. The lowest BCUT2D eigenvalue weighted by Gasteiger charge is -2.17. The van der Waals surface area contributed by atoms with Crippen LogP contribution in [-0.4, -0.2) is 32.8 Å². The van der Waals surface area contributed by atoms with Crippen molar-refractivity contribution in [2.45, 2.75) is 19.4 Å². The number of aryl methyl sites for hydroxylation is 1. The summed E-state index contributed by atoms with van der Waals surface area (Å²) in [6, 6.07) is 9.05. The molecule has 2 heterocycles. The van der Waals surface area contributed by atoms with Crippen LogP contribution in [0.1, 0.15) is 35.4 Å². The molecule has 134 valence electrons. The summed E-state index contributed by atoms with van der Waals surface area (Å²) in [4.78, 5) is 21.0. The van der Waals surface area contributed by atoms with Gasteiger partial charge < -0.3 is 10.1 Å². The van der Waals surface area contributed by atoms with Gasteiger partial charge in [0.05, 0.1) is 18.8 Å². The average molecular weight is 351 g/mol. The van der Waals surface area contributed by atoms with Crippen LogP contribution in [0, 0.1) is 0 Å². The number of hydrogen-bond donors (Lipinski definition) is 1. The third-order valence-electron chi connectivity index (χ3n) is 4.21. The first kappa shape index (κ1) is 17.6. The Morgan fingerprint density at radius 2 is 1.88 bits per heavy atom. The van der Waals surface area contributed by atoms with Gasteiger partial charge in [0.1, 0.15) is 5.69 Å². The van der Waals surface area contributed by atoms with Gasteiger partial charge in [-0.05, 0) is 24.6 Å². The largest absolute Gasteiger partial charge is 0.479 e. The third-order valence-corrected chi connectivity index (χ3v) is 4.21. The van der Waals surface area contributed by atoms with Gasteiger partial charge in [0.2, 0.25) is 5.88 Å². The second kappa shape index (κ2) is 7.77. The molecule has 0 aliphatic heterocycles. The minimum Gasteiger partial charge on any atom is -0.479 e.